The van der Waals surface area contributed by atoms with Crippen LogP contribution in [0.5, 0.6) is 5.75 Å². The second-order valence-corrected chi connectivity index (χ2v) is 9.72. The number of fused-ring (bicyclic) bond motifs is 1. The first-order valence-electron chi connectivity index (χ1n) is 11.8. The summed E-state index contributed by atoms with van der Waals surface area (Å²) < 4.78 is 46.4. The van der Waals surface area contributed by atoms with Gasteiger partial charge < -0.3 is 14.7 Å². The molecular formula is C28H23ClF3NO4. The molecule has 0 radical (unpaired) electrons. The van der Waals surface area contributed by atoms with Crippen molar-refractivity contribution in [1.29, 1.82) is 0 Å². The molecule has 0 unspecified atom stereocenters. The molecule has 37 heavy (non-hydrogen) atoms. The van der Waals surface area contributed by atoms with Gasteiger partial charge in [-0.05, 0) is 59.7 Å². The Morgan fingerprint density at radius 3 is 2.43 bits per heavy atom. The molecule has 1 fully saturated rings. The van der Waals surface area contributed by atoms with Gasteiger partial charge in [0.05, 0.1) is 11.6 Å². The van der Waals surface area contributed by atoms with E-state index in [1.165, 1.54) is 12.1 Å². The third-order valence-electron chi connectivity index (χ3n) is 6.96. The molecule has 0 saturated heterocycles. The van der Waals surface area contributed by atoms with E-state index in [1.54, 1.807) is 29.2 Å². The summed E-state index contributed by atoms with van der Waals surface area (Å²) in [5.74, 6) is -2.22. The lowest BCUT2D eigenvalue weighted by molar-refractivity contribution is -0.139. The predicted octanol–water partition coefficient (Wildman–Crippen LogP) is 6.10. The summed E-state index contributed by atoms with van der Waals surface area (Å²) in [6.45, 7) is -0.217. The van der Waals surface area contributed by atoms with Crippen molar-refractivity contribution in [1.82, 2.24) is 4.90 Å². The number of carboxylic acids is 1. The first-order valence-corrected chi connectivity index (χ1v) is 12.2. The summed E-state index contributed by atoms with van der Waals surface area (Å²) in [6, 6.07) is 17.2. The fraction of sp³-hybridized carbons (Fsp3) is 0.286. The average Bonchev–Trinajstić information content (AvgIpc) is 3.67. The van der Waals surface area contributed by atoms with E-state index in [2.05, 4.69) is 0 Å². The van der Waals surface area contributed by atoms with Crippen molar-refractivity contribution in [3.05, 3.63) is 99.6 Å². The highest BCUT2D eigenvalue weighted by Gasteiger charge is 2.50. The Morgan fingerprint density at radius 1 is 1.00 bits per heavy atom. The van der Waals surface area contributed by atoms with E-state index in [4.69, 9.17) is 21.4 Å². The Bertz CT molecular complexity index is 1360. The van der Waals surface area contributed by atoms with Gasteiger partial charge in [0.15, 0.2) is 6.61 Å². The van der Waals surface area contributed by atoms with Crippen molar-refractivity contribution in [2.24, 2.45) is 5.92 Å². The van der Waals surface area contributed by atoms with Crippen molar-refractivity contribution in [3.63, 3.8) is 0 Å². The summed E-state index contributed by atoms with van der Waals surface area (Å²) in [5.41, 5.74) is 1.82. The highest BCUT2D eigenvalue weighted by molar-refractivity contribution is 6.30. The molecule has 0 spiro atoms. The van der Waals surface area contributed by atoms with Crippen LogP contribution in [-0.4, -0.2) is 35.0 Å². The van der Waals surface area contributed by atoms with Gasteiger partial charge in [0.25, 0.3) is 0 Å². The van der Waals surface area contributed by atoms with Crippen LogP contribution in [0.4, 0.5) is 13.2 Å². The van der Waals surface area contributed by atoms with Crippen LogP contribution < -0.4 is 4.74 Å². The number of amides is 1. The van der Waals surface area contributed by atoms with Crippen molar-refractivity contribution in [2.75, 3.05) is 13.2 Å². The molecule has 1 N–H and O–H groups in total. The average molecular weight is 530 g/mol. The highest BCUT2D eigenvalue weighted by atomic mass is 35.5. The van der Waals surface area contributed by atoms with Crippen molar-refractivity contribution >= 4 is 23.5 Å². The number of hydrogen-bond donors (Lipinski definition) is 1. The molecule has 1 aliphatic carbocycles. The van der Waals surface area contributed by atoms with Crippen LogP contribution >= 0.6 is 11.6 Å². The maximum atomic E-state index is 13.8. The SMILES string of the molecule is O=C(O)COc1ccc(Cl)cc1[C@@H]1c2ccccc2CCN1C(=O)[C@@H]1C[C@H]1c1ccccc1C(F)(F)F. The molecule has 0 bridgehead atoms. The summed E-state index contributed by atoms with van der Waals surface area (Å²) in [4.78, 5) is 26.7. The maximum absolute atomic E-state index is 13.8. The van der Waals surface area contributed by atoms with Gasteiger partial charge in [-0.15, -0.1) is 0 Å². The Balaban J connectivity index is 1.52. The third-order valence-corrected chi connectivity index (χ3v) is 7.19. The first kappa shape index (κ1) is 25.1. The van der Waals surface area contributed by atoms with E-state index in [0.29, 0.717) is 30.0 Å². The zero-order valence-electron chi connectivity index (χ0n) is 19.5. The summed E-state index contributed by atoms with van der Waals surface area (Å²) >= 11 is 6.31. The van der Waals surface area contributed by atoms with Crippen molar-refractivity contribution < 1.29 is 32.6 Å². The molecule has 5 rings (SSSR count). The monoisotopic (exact) mass is 529 g/mol. The van der Waals surface area contributed by atoms with E-state index in [1.807, 2.05) is 24.3 Å². The minimum absolute atomic E-state index is 0.135. The quantitative estimate of drug-likeness (QED) is 0.419. The van der Waals surface area contributed by atoms with Crippen LogP contribution in [-0.2, 0) is 22.2 Å². The number of aliphatic carboxylic acids is 1. The number of carbonyl (C=O) groups is 2. The van der Waals surface area contributed by atoms with Crippen molar-refractivity contribution in [3.8, 4) is 5.75 Å². The van der Waals surface area contributed by atoms with Crippen LogP contribution in [0.3, 0.4) is 0 Å². The summed E-state index contributed by atoms with van der Waals surface area (Å²) in [5, 5.41) is 9.52. The minimum Gasteiger partial charge on any atom is -0.482 e. The highest BCUT2D eigenvalue weighted by Crippen LogP contribution is 2.53. The van der Waals surface area contributed by atoms with Gasteiger partial charge in [-0.25, -0.2) is 4.79 Å². The Morgan fingerprint density at radius 2 is 1.70 bits per heavy atom. The normalized spacial score (nSPS) is 20.8. The molecule has 1 heterocycles. The molecule has 1 aliphatic heterocycles. The summed E-state index contributed by atoms with van der Waals surface area (Å²) in [6.07, 6.45) is -3.59. The number of benzene rings is 3. The fourth-order valence-corrected chi connectivity index (χ4v) is 5.43. The van der Waals surface area contributed by atoms with Crippen LogP contribution in [0.25, 0.3) is 0 Å². The molecule has 1 saturated carbocycles. The van der Waals surface area contributed by atoms with Gasteiger partial charge in [0.2, 0.25) is 5.91 Å². The predicted molar refractivity (Wildman–Crippen MR) is 131 cm³/mol. The lowest BCUT2D eigenvalue weighted by atomic mass is 9.87. The van der Waals surface area contributed by atoms with Gasteiger partial charge in [-0.1, -0.05) is 54.1 Å². The number of hydrogen-bond acceptors (Lipinski definition) is 3. The molecule has 2 aliphatic rings. The van der Waals surface area contributed by atoms with Crippen LogP contribution in [0.2, 0.25) is 5.02 Å². The number of carbonyl (C=O) groups excluding carboxylic acids is 1. The molecule has 5 nitrogen and oxygen atoms in total. The number of rotatable bonds is 6. The number of nitrogens with zero attached hydrogens (tertiary/aromatic N) is 1. The number of ether oxygens (including phenoxy) is 1. The molecule has 3 aromatic rings. The number of halogens is 4. The maximum Gasteiger partial charge on any atom is 0.416 e. The molecule has 3 aromatic carbocycles. The Labute approximate surface area is 216 Å². The zero-order valence-corrected chi connectivity index (χ0v) is 20.3. The Kier molecular flexibility index (Phi) is 6.62. The second-order valence-electron chi connectivity index (χ2n) is 9.28. The van der Waals surface area contributed by atoms with E-state index in [-0.39, 0.29) is 17.2 Å². The van der Waals surface area contributed by atoms with Gasteiger partial charge in [0.1, 0.15) is 5.75 Å². The number of alkyl halides is 3. The van der Waals surface area contributed by atoms with E-state index < -0.39 is 42.2 Å². The fourth-order valence-electron chi connectivity index (χ4n) is 5.25. The second kappa shape index (κ2) is 9.74. The topological polar surface area (TPSA) is 66.8 Å². The standard InChI is InChI=1S/C28H23ClF3NO4/c29-17-9-10-24(37-15-25(34)35)22(13-17)26-18-6-2-1-5-16(18)11-12-33(26)27(36)21-14-20(21)19-7-3-4-8-23(19)28(30,31)32/h1-10,13,20-21,26H,11-12,14-15H2,(H,34,35)/t20-,21+,26-/m0/s1. The largest absolute Gasteiger partial charge is 0.482 e. The molecular weight excluding hydrogens is 507 g/mol. The molecule has 1 amide bonds. The van der Waals surface area contributed by atoms with Crippen molar-refractivity contribution in [2.45, 2.75) is 31.0 Å². The van der Waals surface area contributed by atoms with E-state index in [9.17, 15) is 22.8 Å². The third kappa shape index (κ3) is 5.03. The van der Waals surface area contributed by atoms with E-state index in [0.717, 1.165) is 17.2 Å². The Hall–Kier alpha value is -3.52. The molecule has 0 aromatic heterocycles. The zero-order chi connectivity index (χ0) is 26.3. The van der Waals surface area contributed by atoms with E-state index >= 15 is 0 Å². The molecule has 3 atom stereocenters. The molecule has 192 valence electrons. The van der Waals surface area contributed by atoms with Gasteiger partial charge in [-0.3, -0.25) is 4.79 Å². The lowest BCUT2D eigenvalue weighted by Crippen LogP contribution is -2.41. The molecule has 9 heteroatoms. The van der Waals surface area contributed by atoms with Crippen LogP contribution in [0.15, 0.2) is 66.7 Å². The first-order chi connectivity index (χ1) is 17.6. The lowest BCUT2D eigenvalue weighted by Gasteiger charge is -2.38. The van der Waals surface area contributed by atoms with Gasteiger partial charge >= 0.3 is 12.1 Å². The van der Waals surface area contributed by atoms with Crippen LogP contribution in [0.1, 0.15) is 46.2 Å². The van der Waals surface area contributed by atoms with Crippen LogP contribution in [0, 0.1) is 5.92 Å². The summed E-state index contributed by atoms with van der Waals surface area (Å²) in [7, 11) is 0. The van der Waals surface area contributed by atoms with Gasteiger partial charge in [0, 0.05) is 23.0 Å². The van der Waals surface area contributed by atoms with Gasteiger partial charge in [-0.2, -0.15) is 13.2 Å². The smallest absolute Gasteiger partial charge is 0.416 e. The minimum atomic E-state index is -4.50. The number of carboxylic acid groups (broad SMARTS) is 1.